The Morgan fingerprint density at radius 1 is 1.21 bits per heavy atom. The lowest BCUT2D eigenvalue weighted by Gasteiger charge is -2.38. The number of H-pyrrole nitrogens is 1. The van der Waals surface area contributed by atoms with Crippen LogP contribution in [-0.2, 0) is 6.42 Å². The van der Waals surface area contributed by atoms with Crippen molar-refractivity contribution < 1.29 is 9.84 Å². The highest BCUT2D eigenvalue weighted by Gasteiger charge is 2.29. The van der Waals surface area contributed by atoms with E-state index in [1.54, 1.807) is 0 Å². The number of aromatic amines is 1. The number of rotatable bonds is 6. The summed E-state index contributed by atoms with van der Waals surface area (Å²) in [5, 5.41) is 11.8. The molecule has 0 bridgehead atoms. The van der Waals surface area contributed by atoms with E-state index in [0.29, 0.717) is 25.1 Å². The number of aliphatic hydroxyl groups excluding tert-OH is 1. The van der Waals surface area contributed by atoms with Gasteiger partial charge in [-0.15, -0.1) is 11.3 Å². The number of aliphatic hydroxyl groups is 1. The first kappa shape index (κ1) is 23.4. The van der Waals surface area contributed by atoms with Gasteiger partial charge in [0.05, 0.1) is 0 Å². The number of nitrogens with one attached hydrogen (secondary N) is 1. The van der Waals surface area contributed by atoms with Gasteiger partial charge in [0, 0.05) is 38.9 Å². The number of allylic oxidation sites excluding steroid dienone is 3. The van der Waals surface area contributed by atoms with E-state index in [1.165, 1.54) is 26.5 Å². The van der Waals surface area contributed by atoms with Gasteiger partial charge >= 0.3 is 0 Å². The Labute approximate surface area is 207 Å². The molecule has 1 fully saturated rings. The van der Waals surface area contributed by atoms with Gasteiger partial charge in [-0.3, -0.25) is 4.90 Å². The number of ether oxygens (including phenoxy) is 1. The maximum atomic E-state index is 10.7. The number of hydrogen-bond donors (Lipinski definition) is 2. The second-order valence-electron chi connectivity index (χ2n) is 10.3. The van der Waals surface area contributed by atoms with Crippen molar-refractivity contribution in [1.82, 2.24) is 9.88 Å². The Bertz CT molecular complexity index is 1230. The third-order valence-corrected chi connectivity index (χ3v) is 8.50. The van der Waals surface area contributed by atoms with Crippen molar-refractivity contribution in [3.8, 4) is 5.75 Å². The van der Waals surface area contributed by atoms with E-state index in [2.05, 4.69) is 61.0 Å². The fourth-order valence-corrected chi connectivity index (χ4v) is 6.91. The summed E-state index contributed by atoms with van der Waals surface area (Å²) in [5.41, 5.74) is 6.47. The third kappa shape index (κ3) is 5.02. The van der Waals surface area contributed by atoms with Crippen LogP contribution in [0.5, 0.6) is 5.75 Å². The van der Waals surface area contributed by atoms with Gasteiger partial charge < -0.3 is 14.8 Å². The maximum absolute atomic E-state index is 10.7. The lowest BCUT2D eigenvalue weighted by atomic mass is 9.89. The SMILES string of the molecule is CC1=Cc2sc(C3CCN(CC(O)COc4cccc5[nH]c(C)cc45)[C@@H](C)C3)cc2CC(C)=C1. The van der Waals surface area contributed by atoms with Crippen molar-refractivity contribution in [1.29, 1.82) is 0 Å². The number of likely N-dealkylation sites (tertiary alicyclic amines) is 1. The molecule has 0 spiro atoms. The van der Waals surface area contributed by atoms with Gasteiger partial charge in [0.15, 0.2) is 0 Å². The highest BCUT2D eigenvalue weighted by molar-refractivity contribution is 7.13. The quantitative estimate of drug-likeness (QED) is 0.430. The Kier molecular flexibility index (Phi) is 6.70. The molecule has 1 aliphatic carbocycles. The highest BCUT2D eigenvalue weighted by Crippen LogP contribution is 2.39. The fourth-order valence-electron chi connectivity index (χ4n) is 5.57. The van der Waals surface area contributed by atoms with Crippen molar-refractivity contribution in [2.75, 3.05) is 19.7 Å². The first-order valence-electron chi connectivity index (χ1n) is 12.5. The van der Waals surface area contributed by atoms with Crippen LogP contribution < -0.4 is 4.74 Å². The van der Waals surface area contributed by atoms with Gasteiger partial charge in [0.25, 0.3) is 0 Å². The molecule has 180 valence electrons. The van der Waals surface area contributed by atoms with Gasteiger partial charge in [-0.1, -0.05) is 17.7 Å². The van der Waals surface area contributed by atoms with Gasteiger partial charge in [-0.2, -0.15) is 0 Å². The molecule has 2 N–H and O–H groups in total. The van der Waals surface area contributed by atoms with Gasteiger partial charge in [-0.05, 0) is 101 Å². The zero-order valence-electron chi connectivity index (χ0n) is 20.7. The summed E-state index contributed by atoms with van der Waals surface area (Å²) in [6.07, 6.45) is 7.51. The Hall–Kier alpha value is -2.34. The first-order chi connectivity index (χ1) is 16.4. The van der Waals surface area contributed by atoms with E-state index < -0.39 is 6.10 Å². The normalized spacial score (nSPS) is 22.1. The van der Waals surface area contributed by atoms with Crippen LogP contribution in [-0.4, -0.2) is 46.8 Å². The van der Waals surface area contributed by atoms with Crippen LogP contribution >= 0.6 is 11.3 Å². The summed E-state index contributed by atoms with van der Waals surface area (Å²) < 4.78 is 6.03. The van der Waals surface area contributed by atoms with Crippen LogP contribution in [0.4, 0.5) is 0 Å². The predicted octanol–water partition coefficient (Wildman–Crippen LogP) is 6.45. The molecule has 2 aromatic heterocycles. The van der Waals surface area contributed by atoms with Crippen LogP contribution in [0.2, 0.25) is 0 Å². The average Bonchev–Trinajstić information content (AvgIpc) is 3.32. The van der Waals surface area contributed by atoms with E-state index >= 15 is 0 Å². The predicted molar refractivity (Wildman–Crippen MR) is 143 cm³/mol. The molecule has 1 saturated heterocycles. The number of fused-ring (bicyclic) bond motifs is 2. The van der Waals surface area contributed by atoms with Crippen LogP contribution in [0.15, 0.2) is 47.6 Å². The number of aromatic nitrogens is 1. The molecule has 5 heteroatoms. The summed E-state index contributed by atoms with van der Waals surface area (Å²) in [7, 11) is 0. The molecule has 3 aromatic rings. The minimum atomic E-state index is -0.505. The molecule has 4 nitrogen and oxygen atoms in total. The van der Waals surface area contributed by atoms with Gasteiger partial charge in [-0.25, -0.2) is 0 Å². The molecular weight excluding hydrogens is 440 g/mol. The third-order valence-electron chi connectivity index (χ3n) is 7.21. The Balaban J connectivity index is 1.17. The largest absolute Gasteiger partial charge is 0.490 e. The number of thiophene rings is 1. The minimum Gasteiger partial charge on any atom is -0.490 e. The monoisotopic (exact) mass is 476 g/mol. The highest BCUT2D eigenvalue weighted by atomic mass is 32.1. The topological polar surface area (TPSA) is 48.5 Å². The molecule has 2 unspecified atom stereocenters. The smallest absolute Gasteiger partial charge is 0.128 e. The molecule has 34 heavy (non-hydrogen) atoms. The lowest BCUT2D eigenvalue weighted by Crippen LogP contribution is -2.45. The van der Waals surface area contributed by atoms with Crippen molar-refractivity contribution in [3.63, 3.8) is 0 Å². The Morgan fingerprint density at radius 3 is 2.88 bits per heavy atom. The average molecular weight is 477 g/mol. The zero-order chi connectivity index (χ0) is 23.8. The van der Waals surface area contributed by atoms with Crippen molar-refractivity contribution in [2.24, 2.45) is 0 Å². The molecule has 5 rings (SSSR count). The van der Waals surface area contributed by atoms with Crippen molar-refractivity contribution >= 4 is 28.3 Å². The molecule has 0 saturated carbocycles. The molecule has 2 aliphatic rings. The second-order valence-corrected chi connectivity index (χ2v) is 11.4. The van der Waals surface area contributed by atoms with Crippen LogP contribution in [0.25, 0.3) is 17.0 Å². The number of aryl methyl sites for hydroxylation is 1. The maximum Gasteiger partial charge on any atom is 0.128 e. The summed E-state index contributed by atoms with van der Waals surface area (Å²) in [5.74, 6) is 1.45. The van der Waals surface area contributed by atoms with Gasteiger partial charge in [0.2, 0.25) is 0 Å². The van der Waals surface area contributed by atoms with E-state index in [0.717, 1.165) is 48.2 Å². The molecule has 1 aliphatic heterocycles. The lowest BCUT2D eigenvalue weighted by molar-refractivity contribution is 0.0408. The van der Waals surface area contributed by atoms with Gasteiger partial charge in [0.1, 0.15) is 18.5 Å². The Morgan fingerprint density at radius 2 is 2.06 bits per heavy atom. The van der Waals surface area contributed by atoms with E-state index in [9.17, 15) is 5.11 Å². The fraction of sp³-hybridized carbons (Fsp3) is 0.448. The standard InChI is InChI=1S/C29H36N2O2S/c1-18-10-19(2)12-28-23(11-18)15-29(34-28)22-8-9-31(21(4)14-22)16-24(32)17-33-27-7-5-6-26-25(27)13-20(3)30-26/h5-7,10,12-13,15,21-22,24,30,32H,8-9,11,14,16-17H2,1-4H3/t21-,22?,24?/m0/s1. The number of hydrogen-bond acceptors (Lipinski definition) is 4. The number of benzene rings is 1. The van der Waals surface area contributed by atoms with Crippen molar-refractivity contribution in [3.05, 3.63) is 68.6 Å². The molecule has 1 aromatic carbocycles. The van der Waals surface area contributed by atoms with E-state index in [-0.39, 0.29) is 0 Å². The summed E-state index contributed by atoms with van der Waals surface area (Å²) in [6.45, 7) is 10.8. The summed E-state index contributed by atoms with van der Waals surface area (Å²) in [6, 6.07) is 11.0. The zero-order valence-corrected chi connectivity index (χ0v) is 21.5. The molecule has 3 atom stereocenters. The second kappa shape index (κ2) is 9.73. The van der Waals surface area contributed by atoms with E-state index in [1.807, 2.05) is 30.4 Å². The van der Waals surface area contributed by atoms with Crippen LogP contribution in [0.1, 0.15) is 60.5 Å². The minimum absolute atomic E-state index is 0.312. The molecular formula is C29H36N2O2S. The van der Waals surface area contributed by atoms with E-state index in [4.69, 9.17) is 4.74 Å². The molecule has 3 heterocycles. The first-order valence-corrected chi connectivity index (χ1v) is 13.3. The van der Waals surface area contributed by atoms with Crippen molar-refractivity contribution in [2.45, 2.75) is 65.0 Å². The van der Waals surface area contributed by atoms with Crippen LogP contribution in [0.3, 0.4) is 0 Å². The van der Waals surface area contributed by atoms with Crippen LogP contribution in [0, 0.1) is 6.92 Å². The number of nitrogens with zero attached hydrogens (tertiary/aromatic N) is 1. The number of β-amino-alcohol motifs (C(OH)–C–C–N with tert-alkyl or cyclic N) is 1. The molecule has 0 amide bonds. The summed E-state index contributed by atoms with van der Waals surface area (Å²) >= 11 is 1.99. The summed E-state index contributed by atoms with van der Waals surface area (Å²) in [4.78, 5) is 8.75. The molecule has 0 radical (unpaired) electrons. The number of piperidine rings is 1.